The molecule has 0 unspecified atom stereocenters. The summed E-state index contributed by atoms with van der Waals surface area (Å²) in [5.74, 6) is 0.125. The predicted octanol–water partition coefficient (Wildman–Crippen LogP) is 3.02. The molecule has 0 saturated heterocycles. The molecule has 1 N–H and O–H groups in total. The first kappa shape index (κ1) is 17.6. The Kier molecular flexibility index (Phi) is 6.75. The van der Waals surface area contributed by atoms with Crippen LogP contribution in [0.4, 0.5) is 0 Å². The smallest absolute Gasteiger partial charge is 0.328 e. The number of carbonyl (C=O) groups is 2. The van der Waals surface area contributed by atoms with Crippen LogP contribution in [-0.4, -0.2) is 29.3 Å². The zero-order chi connectivity index (χ0) is 15.9. The molecule has 0 saturated carbocycles. The quantitative estimate of drug-likeness (QED) is 0.648. The van der Waals surface area contributed by atoms with Gasteiger partial charge in [-0.1, -0.05) is 18.2 Å². The number of esters is 1. The first-order valence-corrected chi connectivity index (χ1v) is 7.96. The normalized spacial score (nSPS) is 12.6. The van der Waals surface area contributed by atoms with Crippen molar-refractivity contribution in [3.05, 3.63) is 30.3 Å². The zero-order valence-electron chi connectivity index (χ0n) is 13.0. The van der Waals surface area contributed by atoms with E-state index in [2.05, 4.69) is 5.32 Å². The number of rotatable bonds is 6. The molecule has 0 radical (unpaired) electrons. The second-order valence-corrected chi connectivity index (χ2v) is 6.90. The van der Waals surface area contributed by atoms with E-state index in [4.69, 9.17) is 4.74 Å². The van der Waals surface area contributed by atoms with Crippen molar-refractivity contribution in [1.29, 1.82) is 0 Å². The number of carbonyl (C=O) groups excluding carboxylic acids is 2. The van der Waals surface area contributed by atoms with Crippen LogP contribution in [0.1, 0.15) is 34.1 Å². The summed E-state index contributed by atoms with van der Waals surface area (Å²) in [5.41, 5.74) is -0.542. The van der Waals surface area contributed by atoms with Gasteiger partial charge in [0.2, 0.25) is 5.91 Å². The highest BCUT2D eigenvalue weighted by molar-refractivity contribution is 7.99. The van der Waals surface area contributed by atoms with Crippen LogP contribution in [-0.2, 0) is 14.3 Å². The Labute approximate surface area is 130 Å². The van der Waals surface area contributed by atoms with Gasteiger partial charge in [-0.05, 0) is 39.8 Å². The lowest BCUT2D eigenvalue weighted by Gasteiger charge is -2.22. The molecule has 1 amide bonds. The maximum Gasteiger partial charge on any atom is 0.328 e. The van der Waals surface area contributed by atoms with E-state index < -0.39 is 17.6 Å². The van der Waals surface area contributed by atoms with Gasteiger partial charge in [-0.25, -0.2) is 4.79 Å². The number of ether oxygens (including phenoxy) is 1. The fourth-order valence-corrected chi connectivity index (χ4v) is 2.41. The van der Waals surface area contributed by atoms with Gasteiger partial charge in [-0.2, -0.15) is 0 Å². The number of nitrogens with one attached hydrogen (secondary N) is 1. The molecule has 0 bridgehead atoms. The van der Waals surface area contributed by atoms with Crippen LogP contribution < -0.4 is 5.32 Å². The second-order valence-electron chi connectivity index (χ2n) is 5.73. The van der Waals surface area contributed by atoms with Crippen molar-refractivity contribution in [2.45, 2.75) is 50.7 Å². The zero-order valence-corrected chi connectivity index (χ0v) is 13.8. The third-order valence-electron chi connectivity index (χ3n) is 2.48. The van der Waals surface area contributed by atoms with Crippen LogP contribution in [0.3, 0.4) is 0 Å². The van der Waals surface area contributed by atoms with E-state index >= 15 is 0 Å². The lowest BCUT2D eigenvalue weighted by Crippen LogP contribution is -2.42. The van der Waals surface area contributed by atoms with Crippen LogP contribution in [0, 0.1) is 0 Å². The van der Waals surface area contributed by atoms with E-state index in [-0.39, 0.29) is 5.91 Å². The number of hydrogen-bond donors (Lipinski definition) is 1. The Morgan fingerprint density at radius 2 is 1.86 bits per heavy atom. The third-order valence-corrected chi connectivity index (χ3v) is 3.49. The van der Waals surface area contributed by atoms with Crippen molar-refractivity contribution in [2.75, 3.05) is 5.75 Å². The maximum atomic E-state index is 11.8. The number of thioether (sulfide) groups is 1. The third kappa shape index (κ3) is 7.75. The first-order valence-electron chi connectivity index (χ1n) is 6.98. The maximum absolute atomic E-state index is 11.8. The molecule has 0 aliphatic carbocycles. The Bertz CT molecular complexity index is 468. The van der Waals surface area contributed by atoms with Crippen molar-refractivity contribution in [3.63, 3.8) is 0 Å². The highest BCUT2D eigenvalue weighted by Crippen LogP contribution is 2.17. The highest BCUT2D eigenvalue weighted by atomic mass is 32.2. The molecule has 4 nitrogen and oxygen atoms in total. The van der Waals surface area contributed by atoms with Crippen molar-refractivity contribution in [3.8, 4) is 0 Å². The van der Waals surface area contributed by atoms with Crippen molar-refractivity contribution in [2.24, 2.45) is 0 Å². The van der Waals surface area contributed by atoms with E-state index in [1.807, 2.05) is 30.3 Å². The minimum atomic E-state index is -0.626. The molecular formula is C16H23NO3S. The molecule has 1 aromatic carbocycles. The minimum absolute atomic E-state index is 0.142. The molecule has 1 rings (SSSR count). The van der Waals surface area contributed by atoms with E-state index in [9.17, 15) is 9.59 Å². The van der Waals surface area contributed by atoms with Gasteiger partial charge < -0.3 is 10.1 Å². The van der Waals surface area contributed by atoms with Crippen molar-refractivity contribution in [1.82, 2.24) is 5.32 Å². The summed E-state index contributed by atoms with van der Waals surface area (Å²) in [7, 11) is 0. The van der Waals surface area contributed by atoms with Crippen LogP contribution >= 0.6 is 11.8 Å². The van der Waals surface area contributed by atoms with Gasteiger partial charge in [0.05, 0.1) is 0 Å². The van der Waals surface area contributed by atoms with Crippen molar-refractivity contribution < 1.29 is 14.3 Å². The molecular weight excluding hydrogens is 286 g/mol. The molecule has 1 atom stereocenters. The van der Waals surface area contributed by atoms with Gasteiger partial charge in [0.15, 0.2) is 0 Å². The number of amides is 1. The second kappa shape index (κ2) is 8.08. The lowest BCUT2D eigenvalue weighted by atomic mass is 10.2. The summed E-state index contributed by atoms with van der Waals surface area (Å²) in [6.45, 7) is 7.04. The average Bonchev–Trinajstić information content (AvgIpc) is 2.37. The first-order chi connectivity index (χ1) is 9.78. The minimum Gasteiger partial charge on any atom is -0.458 e. The number of benzene rings is 1. The predicted molar refractivity (Wildman–Crippen MR) is 85.2 cm³/mol. The molecule has 21 heavy (non-hydrogen) atoms. The molecule has 5 heteroatoms. The van der Waals surface area contributed by atoms with Gasteiger partial charge in [-0.15, -0.1) is 11.8 Å². The molecule has 0 heterocycles. The van der Waals surface area contributed by atoms with E-state index in [1.54, 1.807) is 39.5 Å². The Morgan fingerprint density at radius 1 is 1.24 bits per heavy atom. The summed E-state index contributed by atoms with van der Waals surface area (Å²) in [5, 5.41) is 2.66. The Balaban J connectivity index is 2.28. The highest BCUT2D eigenvalue weighted by Gasteiger charge is 2.22. The topological polar surface area (TPSA) is 55.4 Å². The fourth-order valence-electron chi connectivity index (χ4n) is 1.54. The van der Waals surface area contributed by atoms with E-state index in [0.29, 0.717) is 12.2 Å². The summed E-state index contributed by atoms with van der Waals surface area (Å²) in [4.78, 5) is 24.7. The molecule has 0 aliphatic rings. The van der Waals surface area contributed by atoms with Crippen LogP contribution in [0.25, 0.3) is 0 Å². The molecule has 0 spiro atoms. The summed E-state index contributed by atoms with van der Waals surface area (Å²) >= 11 is 1.62. The van der Waals surface area contributed by atoms with Crippen molar-refractivity contribution >= 4 is 23.6 Å². The summed E-state index contributed by atoms with van der Waals surface area (Å²) < 4.78 is 5.22. The standard InChI is InChI=1S/C16H23NO3S/c1-12(15(19)20-16(2,3)4)17-14(18)10-11-21-13-8-6-5-7-9-13/h5-9,12H,10-11H2,1-4H3,(H,17,18)/t12-/m0/s1. The summed E-state index contributed by atoms with van der Waals surface area (Å²) in [6.07, 6.45) is 0.368. The summed E-state index contributed by atoms with van der Waals surface area (Å²) in [6, 6.07) is 9.27. The monoisotopic (exact) mass is 309 g/mol. The molecule has 0 fully saturated rings. The number of hydrogen-bond acceptors (Lipinski definition) is 4. The van der Waals surface area contributed by atoms with Crippen LogP contribution in [0.2, 0.25) is 0 Å². The van der Waals surface area contributed by atoms with E-state index in [1.165, 1.54) is 0 Å². The van der Waals surface area contributed by atoms with Gasteiger partial charge in [0.25, 0.3) is 0 Å². The SMILES string of the molecule is C[C@H](NC(=O)CCSc1ccccc1)C(=O)OC(C)(C)C. The largest absolute Gasteiger partial charge is 0.458 e. The molecule has 0 aliphatic heterocycles. The Morgan fingerprint density at radius 3 is 2.43 bits per heavy atom. The Hall–Kier alpha value is -1.49. The van der Waals surface area contributed by atoms with Crippen LogP contribution in [0.15, 0.2) is 35.2 Å². The van der Waals surface area contributed by atoms with Gasteiger partial charge >= 0.3 is 5.97 Å². The fraction of sp³-hybridized carbons (Fsp3) is 0.500. The van der Waals surface area contributed by atoms with Gasteiger partial charge in [-0.3, -0.25) is 4.79 Å². The van der Waals surface area contributed by atoms with Gasteiger partial charge in [0.1, 0.15) is 11.6 Å². The van der Waals surface area contributed by atoms with E-state index in [0.717, 1.165) is 4.90 Å². The average molecular weight is 309 g/mol. The molecule has 0 aromatic heterocycles. The van der Waals surface area contributed by atoms with Gasteiger partial charge in [0, 0.05) is 17.1 Å². The van der Waals surface area contributed by atoms with Crippen LogP contribution in [0.5, 0.6) is 0 Å². The molecule has 1 aromatic rings. The molecule has 116 valence electrons. The lowest BCUT2D eigenvalue weighted by molar-refractivity contribution is -0.158.